The van der Waals surface area contributed by atoms with Crippen molar-refractivity contribution >= 4 is 6.08 Å². The molecule has 3 aromatic carbocycles. The Kier molecular flexibility index (Phi) is 12.3. The van der Waals surface area contributed by atoms with Crippen LogP contribution < -0.4 is 42.6 Å². The third-order valence-corrected chi connectivity index (χ3v) is 6.98. The van der Waals surface area contributed by atoms with E-state index in [9.17, 15) is 5.11 Å². The quantitative estimate of drug-likeness (QED) is 0.199. The minimum absolute atomic E-state index is 0.271. The molecule has 0 aliphatic carbocycles. The van der Waals surface area contributed by atoms with Crippen LogP contribution >= 0.6 is 0 Å². The van der Waals surface area contributed by atoms with Crippen LogP contribution in [0, 0.1) is 0 Å². The standard InChI is InChI=1S/C34H44O10/c1-11-12-22-14-25(36-4)33(26(15-22)37-5)43-20(2)13-23-16-27(38-6)34(28(17-23)39-7)44-21(3)31(35)24-18-29(40-8)32(42-10)30(19-24)41-9/h11-12,14-21,31,35H,13H2,1-10H3/b12-11+/t20?,21-,31-/m1/s1. The van der Waals surface area contributed by atoms with Gasteiger partial charge in [-0.3, -0.25) is 0 Å². The predicted octanol–water partition coefficient (Wildman–Crippen LogP) is 6.29. The number of hydrogen-bond donors (Lipinski definition) is 1. The summed E-state index contributed by atoms with van der Waals surface area (Å²) in [6.07, 6.45) is 2.40. The molecule has 3 aromatic rings. The molecule has 1 N–H and O–H groups in total. The van der Waals surface area contributed by atoms with Crippen LogP contribution in [0.2, 0.25) is 0 Å². The maximum atomic E-state index is 11.2. The van der Waals surface area contributed by atoms with E-state index in [0.29, 0.717) is 63.7 Å². The van der Waals surface area contributed by atoms with E-state index in [4.69, 9.17) is 42.6 Å². The Hall–Kier alpha value is -4.44. The van der Waals surface area contributed by atoms with Crippen LogP contribution in [0.25, 0.3) is 6.08 Å². The largest absolute Gasteiger partial charge is 0.493 e. The van der Waals surface area contributed by atoms with Crippen molar-refractivity contribution in [3.63, 3.8) is 0 Å². The second-order valence-electron chi connectivity index (χ2n) is 9.94. The van der Waals surface area contributed by atoms with E-state index in [-0.39, 0.29) is 6.10 Å². The number of aliphatic hydroxyl groups is 1. The summed E-state index contributed by atoms with van der Waals surface area (Å²) >= 11 is 0. The Labute approximate surface area is 260 Å². The Balaban J connectivity index is 1.86. The summed E-state index contributed by atoms with van der Waals surface area (Å²) in [5.74, 6) is 4.19. The highest BCUT2D eigenvalue weighted by atomic mass is 16.6. The molecule has 3 rings (SSSR count). The van der Waals surface area contributed by atoms with Crippen LogP contribution in [0.4, 0.5) is 0 Å². The van der Waals surface area contributed by atoms with E-state index < -0.39 is 12.2 Å². The molecule has 10 nitrogen and oxygen atoms in total. The average Bonchev–Trinajstić information content (AvgIpc) is 3.04. The second kappa shape index (κ2) is 15.9. The molecule has 0 amide bonds. The van der Waals surface area contributed by atoms with Crippen molar-refractivity contribution in [3.05, 3.63) is 59.2 Å². The highest BCUT2D eigenvalue weighted by molar-refractivity contribution is 5.62. The van der Waals surface area contributed by atoms with Crippen LogP contribution in [-0.4, -0.2) is 67.1 Å². The maximum absolute atomic E-state index is 11.2. The van der Waals surface area contributed by atoms with Gasteiger partial charge in [0.25, 0.3) is 0 Å². The molecule has 0 bridgehead atoms. The lowest BCUT2D eigenvalue weighted by atomic mass is 10.0. The van der Waals surface area contributed by atoms with Crippen LogP contribution in [-0.2, 0) is 6.42 Å². The first kappa shape index (κ1) is 34.1. The van der Waals surface area contributed by atoms with E-state index in [2.05, 4.69) is 0 Å². The van der Waals surface area contributed by atoms with E-state index in [1.807, 2.05) is 50.3 Å². The normalized spacial score (nSPS) is 13.1. The fourth-order valence-corrected chi connectivity index (χ4v) is 4.84. The number of allylic oxidation sites excluding steroid dienone is 1. The molecule has 0 spiro atoms. The zero-order chi connectivity index (χ0) is 32.4. The van der Waals surface area contributed by atoms with Gasteiger partial charge in [-0.15, -0.1) is 0 Å². The van der Waals surface area contributed by atoms with E-state index in [0.717, 1.165) is 11.1 Å². The molecule has 0 saturated heterocycles. The lowest BCUT2D eigenvalue weighted by Crippen LogP contribution is -2.22. The predicted molar refractivity (Wildman–Crippen MR) is 169 cm³/mol. The molecule has 1 unspecified atom stereocenters. The Morgan fingerprint density at radius 2 is 1.02 bits per heavy atom. The fourth-order valence-electron chi connectivity index (χ4n) is 4.84. The summed E-state index contributed by atoms with van der Waals surface area (Å²) in [4.78, 5) is 0. The summed E-state index contributed by atoms with van der Waals surface area (Å²) in [6.45, 7) is 5.65. The Morgan fingerprint density at radius 3 is 1.45 bits per heavy atom. The van der Waals surface area contributed by atoms with Crippen LogP contribution in [0.3, 0.4) is 0 Å². The van der Waals surface area contributed by atoms with Crippen molar-refractivity contribution < 1.29 is 47.7 Å². The zero-order valence-corrected chi connectivity index (χ0v) is 27.2. The van der Waals surface area contributed by atoms with Gasteiger partial charge in [0.15, 0.2) is 34.5 Å². The minimum Gasteiger partial charge on any atom is -0.493 e. The topological polar surface area (TPSA) is 103 Å². The van der Waals surface area contributed by atoms with Crippen molar-refractivity contribution in [3.8, 4) is 51.7 Å². The fraction of sp³-hybridized carbons (Fsp3) is 0.412. The van der Waals surface area contributed by atoms with Crippen molar-refractivity contribution in [1.29, 1.82) is 0 Å². The summed E-state index contributed by atoms with van der Waals surface area (Å²) < 4.78 is 51.4. The van der Waals surface area contributed by atoms with Gasteiger partial charge in [-0.2, -0.15) is 0 Å². The molecule has 0 aliphatic heterocycles. The first-order chi connectivity index (χ1) is 21.2. The molecule has 0 radical (unpaired) electrons. The van der Waals surface area contributed by atoms with Gasteiger partial charge in [0.2, 0.25) is 17.2 Å². The summed E-state index contributed by atoms with van der Waals surface area (Å²) in [7, 11) is 10.9. The summed E-state index contributed by atoms with van der Waals surface area (Å²) in [6, 6.07) is 10.9. The maximum Gasteiger partial charge on any atom is 0.203 e. The summed E-state index contributed by atoms with van der Waals surface area (Å²) in [5.41, 5.74) is 2.35. The first-order valence-electron chi connectivity index (χ1n) is 14.1. The number of rotatable bonds is 16. The van der Waals surface area contributed by atoms with E-state index in [1.165, 1.54) is 21.3 Å². The van der Waals surface area contributed by atoms with E-state index in [1.54, 1.807) is 47.5 Å². The third kappa shape index (κ3) is 7.74. The average molecular weight is 613 g/mol. The van der Waals surface area contributed by atoms with Gasteiger partial charge in [0, 0.05) is 6.42 Å². The molecular formula is C34H44O10. The Morgan fingerprint density at radius 1 is 0.591 bits per heavy atom. The smallest absolute Gasteiger partial charge is 0.203 e. The van der Waals surface area contributed by atoms with Gasteiger partial charge in [-0.1, -0.05) is 12.2 Å². The highest BCUT2D eigenvalue weighted by Gasteiger charge is 2.26. The Bertz CT molecular complexity index is 1340. The molecule has 0 heterocycles. The van der Waals surface area contributed by atoms with Gasteiger partial charge in [0.1, 0.15) is 18.3 Å². The number of aliphatic hydroxyl groups excluding tert-OH is 1. The molecule has 10 heteroatoms. The van der Waals surface area contributed by atoms with Crippen molar-refractivity contribution in [2.24, 2.45) is 0 Å². The third-order valence-electron chi connectivity index (χ3n) is 6.98. The molecule has 0 fully saturated rings. The molecule has 44 heavy (non-hydrogen) atoms. The molecule has 0 saturated carbocycles. The van der Waals surface area contributed by atoms with Gasteiger partial charge in [-0.05, 0) is 73.9 Å². The van der Waals surface area contributed by atoms with E-state index >= 15 is 0 Å². The van der Waals surface area contributed by atoms with Gasteiger partial charge >= 0.3 is 0 Å². The monoisotopic (exact) mass is 612 g/mol. The minimum atomic E-state index is -1.05. The van der Waals surface area contributed by atoms with Gasteiger partial charge in [-0.25, -0.2) is 0 Å². The molecule has 0 aromatic heterocycles. The van der Waals surface area contributed by atoms with Gasteiger partial charge in [0.05, 0.1) is 49.8 Å². The second-order valence-corrected chi connectivity index (χ2v) is 9.94. The van der Waals surface area contributed by atoms with Crippen molar-refractivity contribution in [2.75, 3.05) is 49.8 Å². The van der Waals surface area contributed by atoms with Crippen LogP contribution in [0.15, 0.2) is 42.5 Å². The first-order valence-corrected chi connectivity index (χ1v) is 14.1. The lowest BCUT2D eigenvalue weighted by molar-refractivity contribution is 0.0431. The molecular weight excluding hydrogens is 568 g/mol. The lowest BCUT2D eigenvalue weighted by Gasteiger charge is -2.25. The molecule has 0 aliphatic rings. The number of methoxy groups -OCH3 is 7. The highest BCUT2D eigenvalue weighted by Crippen LogP contribution is 2.44. The zero-order valence-electron chi connectivity index (χ0n) is 27.2. The molecule has 240 valence electrons. The number of ether oxygens (including phenoxy) is 9. The van der Waals surface area contributed by atoms with Crippen LogP contribution in [0.5, 0.6) is 51.7 Å². The summed E-state index contributed by atoms with van der Waals surface area (Å²) in [5, 5.41) is 11.2. The van der Waals surface area contributed by atoms with Crippen LogP contribution in [0.1, 0.15) is 43.6 Å². The number of hydrogen-bond acceptors (Lipinski definition) is 10. The van der Waals surface area contributed by atoms with Crippen molar-refractivity contribution in [1.82, 2.24) is 0 Å². The SMILES string of the molecule is C/C=C/c1cc(OC)c(OC(C)Cc2cc(OC)c(O[C@H](C)[C@@H](O)c3cc(OC)c(OC)c(OC)c3)c(OC)c2)c(OC)c1. The number of benzene rings is 3. The van der Waals surface area contributed by atoms with Crippen molar-refractivity contribution in [2.45, 2.75) is 45.5 Å². The van der Waals surface area contributed by atoms with Gasteiger partial charge < -0.3 is 47.7 Å². The molecule has 3 atom stereocenters.